The fourth-order valence-electron chi connectivity index (χ4n) is 9.67. The Morgan fingerprint density at radius 1 is 0.770 bits per heavy atom. The summed E-state index contributed by atoms with van der Waals surface area (Å²) in [5, 5.41) is 12.8. The first-order valence-corrected chi connectivity index (χ1v) is 21.2. The number of carbonyl (C=O) groups excluding carboxylic acids is 3. The largest absolute Gasteiger partial charge is 0.465 e. The molecule has 3 aliphatic rings. The maximum absolute atomic E-state index is 14.0. The molecule has 318 valence electrons. The van der Waals surface area contributed by atoms with Gasteiger partial charge in [-0.05, 0) is 71.8 Å². The SMILES string of the molecule is COC(=O)N[C@@H](C(=O)N1CCC[C@H]1c1ncc(-c2ccc(-c3ccc(-c4cnc([C@@H]5CCCN5C(=O)C[C@]5(C(C)(C)C)CCCN5C(=O)O)[nH]4)cc3)cc2)[nH]1)c1ccccc1. The number of carbonyl (C=O) groups is 4. The molecule has 14 heteroatoms. The zero-order valence-corrected chi connectivity index (χ0v) is 35.2. The molecule has 0 aliphatic carbocycles. The van der Waals surface area contributed by atoms with E-state index < -0.39 is 29.2 Å². The van der Waals surface area contributed by atoms with Crippen LogP contribution in [-0.4, -0.2) is 96.0 Å². The number of nitrogens with one attached hydrogen (secondary N) is 3. The number of methoxy groups -OCH3 is 1. The second kappa shape index (κ2) is 16.9. The van der Waals surface area contributed by atoms with E-state index in [1.165, 1.54) is 12.0 Å². The van der Waals surface area contributed by atoms with Gasteiger partial charge in [0.05, 0.1) is 54.9 Å². The summed E-state index contributed by atoms with van der Waals surface area (Å²) in [6.45, 7) is 7.73. The molecule has 0 saturated carbocycles. The van der Waals surface area contributed by atoms with Crippen LogP contribution in [0.2, 0.25) is 0 Å². The van der Waals surface area contributed by atoms with Gasteiger partial charge in [0.2, 0.25) is 5.91 Å². The lowest BCUT2D eigenvalue weighted by Crippen LogP contribution is -2.57. The predicted molar refractivity (Wildman–Crippen MR) is 230 cm³/mol. The molecular weight excluding hydrogens is 773 g/mol. The predicted octanol–water partition coefficient (Wildman–Crippen LogP) is 8.51. The van der Waals surface area contributed by atoms with Crippen molar-refractivity contribution in [1.29, 1.82) is 0 Å². The van der Waals surface area contributed by atoms with Crippen LogP contribution in [0.15, 0.2) is 91.3 Å². The Morgan fingerprint density at radius 2 is 1.30 bits per heavy atom. The van der Waals surface area contributed by atoms with Crippen molar-refractivity contribution < 1.29 is 29.0 Å². The Morgan fingerprint density at radius 3 is 1.82 bits per heavy atom. The second-order valence-corrected chi connectivity index (χ2v) is 17.4. The number of rotatable bonds is 10. The molecule has 5 heterocycles. The molecule has 2 aromatic heterocycles. The minimum atomic E-state index is -0.963. The number of carboxylic acid groups (broad SMARTS) is 1. The van der Waals surface area contributed by atoms with Gasteiger partial charge in [-0.2, -0.15) is 0 Å². The first-order chi connectivity index (χ1) is 29.4. The molecule has 8 rings (SSSR count). The highest BCUT2D eigenvalue weighted by Gasteiger charge is 2.54. The van der Waals surface area contributed by atoms with E-state index in [0.29, 0.717) is 37.4 Å². The van der Waals surface area contributed by atoms with Crippen molar-refractivity contribution >= 4 is 24.0 Å². The third-order valence-electron chi connectivity index (χ3n) is 13.0. The molecule has 4 atom stereocenters. The zero-order valence-electron chi connectivity index (χ0n) is 35.2. The summed E-state index contributed by atoms with van der Waals surface area (Å²) in [7, 11) is 1.28. The third-order valence-corrected chi connectivity index (χ3v) is 13.0. The van der Waals surface area contributed by atoms with E-state index in [2.05, 4.69) is 63.8 Å². The molecule has 61 heavy (non-hydrogen) atoms. The number of likely N-dealkylation sites (tertiary alicyclic amines) is 3. The third kappa shape index (κ3) is 8.10. The van der Waals surface area contributed by atoms with Crippen LogP contribution in [0.25, 0.3) is 33.6 Å². The number of amides is 4. The minimum absolute atomic E-state index is 0.0251. The smallest absolute Gasteiger partial charge is 0.407 e. The van der Waals surface area contributed by atoms with Crippen molar-refractivity contribution in [1.82, 2.24) is 40.0 Å². The monoisotopic (exact) mass is 826 g/mol. The van der Waals surface area contributed by atoms with E-state index in [4.69, 9.17) is 14.7 Å². The molecular formula is C47H54N8O6. The number of alkyl carbamates (subject to hydrolysis) is 1. The molecule has 4 N–H and O–H groups in total. The van der Waals surface area contributed by atoms with Crippen LogP contribution >= 0.6 is 0 Å². The average Bonchev–Trinajstić information content (AvgIpc) is 4.12. The standard InChI is InChI=1S/C47H54N8O6/c1-46(2,3)47(23-10-26-55(47)45(59)60)27-39(56)53-24-8-13-37(53)41-48-28-35(50-41)32-19-15-30(16-20-32)31-17-21-33(22-18-31)36-29-49-42(51-36)38-14-9-25-54(38)43(57)40(52-44(58)61-4)34-11-6-5-7-12-34/h5-7,11-12,15-22,28-29,37-38,40H,8-10,13-14,23-27H2,1-4H3,(H,48,50)(H,49,51)(H,52,58)(H,59,60)/t37-,38-,40+,47-/m0/s1. The van der Waals surface area contributed by atoms with Crippen LogP contribution in [0, 0.1) is 5.41 Å². The van der Waals surface area contributed by atoms with E-state index >= 15 is 0 Å². The number of H-pyrrole nitrogens is 2. The van der Waals surface area contributed by atoms with Gasteiger partial charge < -0.3 is 39.8 Å². The van der Waals surface area contributed by atoms with Gasteiger partial charge in [-0.25, -0.2) is 19.6 Å². The Hall–Kier alpha value is -6.44. The highest BCUT2D eigenvalue weighted by molar-refractivity contribution is 5.87. The Balaban J connectivity index is 0.921. The number of benzene rings is 3. The quantitative estimate of drug-likeness (QED) is 0.108. The molecule has 5 aromatic rings. The summed E-state index contributed by atoms with van der Waals surface area (Å²) in [5.41, 5.74) is 5.29. The second-order valence-electron chi connectivity index (χ2n) is 17.4. The molecule has 3 aromatic carbocycles. The van der Waals surface area contributed by atoms with Gasteiger partial charge in [-0.15, -0.1) is 0 Å². The lowest BCUT2D eigenvalue weighted by molar-refractivity contribution is -0.137. The van der Waals surface area contributed by atoms with E-state index in [9.17, 15) is 24.3 Å². The van der Waals surface area contributed by atoms with E-state index in [1.54, 1.807) is 11.1 Å². The number of nitrogens with zero attached hydrogens (tertiary/aromatic N) is 5. The normalized spacial score (nSPS) is 20.8. The molecule has 0 radical (unpaired) electrons. The molecule has 3 saturated heterocycles. The summed E-state index contributed by atoms with van der Waals surface area (Å²) in [6.07, 6.45) is 6.79. The Bertz CT molecular complexity index is 2370. The minimum Gasteiger partial charge on any atom is -0.465 e. The van der Waals surface area contributed by atoms with Gasteiger partial charge in [0.15, 0.2) is 0 Å². The van der Waals surface area contributed by atoms with E-state index in [1.807, 2.05) is 62.2 Å². The van der Waals surface area contributed by atoms with Crippen molar-refractivity contribution in [2.75, 3.05) is 26.7 Å². The lowest BCUT2D eigenvalue weighted by atomic mass is 9.69. The number of imidazole rings is 2. The van der Waals surface area contributed by atoms with Crippen LogP contribution < -0.4 is 5.32 Å². The maximum Gasteiger partial charge on any atom is 0.407 e. The number of ether oxygens (including phenoxy) is 1. The Kier molecular flexibility index (Phi) is 11.4. The van der Waals surface area contributed by atoms with Crippen LogP contribution in [0.5, 0.6) is 0 Å². The highest BCUT2D eigenvalue weighted by Crippen LogP contribution is 2.47. The number of hydrogen-bond acceptors (Lipinski definition) is 7. The molecule has 14 nitrogen and oxygen atoms in total. The van der Waals surface area contributed by atoms with Gasteiger partial charge in [0.25, 0.3) is 5.91 Å². The number of hydrogen-bond donors (Lipinski definition) is 4. The maximum atomic E-state index is 14.0. The summed E-state index contributed by atoms with van der Waals surface area (Å²) < 4.78 is 4.83. The molecule has 0 bridgehead atoms. The van der Waals surface area contributed by atoms with Gasteiger partial charge in [0, 0.05) is 19.6 Å². The van der Waals surface area contributed by atoms with Crippen LogP contribution in [0.4, 0.5) is 9.59 Å². The fraction of sp³-hybridized carbons (Fsp3) is 0.404. The lowest BCUT2D eigenvalue weighted by Gasteiger charge is -2.47. The average molecular weight is 827 g/mol. The summed E-state index contributed by atoms with van der Waals surface area (Å²) >= 11 is 0. The summed E-state index contributed by atoms with van der Waals surface area (Å²) in [6, 6.07) is 24.4. The van der Waals surface area contributed by atoms with Crippen LogP contribution in [0.1, 0.15) is 101 Å². The van der Waals surface area contributed by atoms with E-state index in [-0.39, 0.29) is 30.3 Å². The van der Waals surface area contributed by atoms with Gasteiger partial charge in [-0.3, -0.25) is 9.59 Å². The fourth-order valence-corrected chi connectivity index (χ4v) is 9.67. The van der Waals surface area contributed by atoms with Crippen molar-refractivity contribution in [3.05, 3.63) is 108 Å². The molecule has 0 spiro atoms. The number of aromatic nitrogens is 4. The molecule has 4 amide bonds. The van der Waals surface area contributed by atoms with Crippen molar-refractivity contribution in [3.8, 4) is 33.6 Å². The topological polar surface area (TPSA) is 177 Å². The van der Waals surface area contributed by atoms with Crippen molar-refractivity contribution in [3.63, 3.8) is 0 Å². The summed E-state index contributed by atoms with van der Waals surface area (Å²) in [5.74, 6) is 1.20. The Labute approximate surface area is 355 Å². The van der Waals surface area contributed by atoms with Gasteiger partial charge >= 0.3 is 12.2 Å². The first kappa shape index (κ1) is 41.3. The summed E-state index contributed by atoms with van der Waals surface area (Å²) in [4.78, 5) is 73.9. The van der Waals surface area contributed by atoms with E-state index in [0.717, 1.165) is 71.6 Å². The van der Waals surface area contributed by atoms with Crippen LogP contribution in [0.3, 0.4) is 0 Å². The van der Waals surface area contributed by atoms with Gasteiger partial charge in [0.1, 0.15) is 17.7 Å². The molecule has 0 unspecified atom stereocenters. The molecule has 3 fully saturated rings. The van der Waals surface area contributed by atoms with Crippen LogP contribution in [-0.2, 0) is 14.3 Å². The zero-order chi connectivity index (χ0) is 42.9. The number of aromatic amines is 2. The van der Waals surface area contributed by atoms with Crippen molar-refractivity contribution in [2.24, 2.45) is 5.41 Å². The highest BCUT2D eigenvalue weighted by atomic mass is 16.5. The van der Waals surface area contributed by atoms with Crippen molar-refractivity contribution in [2.45, 2.75) is 89.4 Å². The molecule has 3 aliphatic heterocycles. The van der Waals surface area contributed by atoms with Gasteiger partial charge in [-0.1, -0.05) is 99.6 Å². The first-order valence-electron chi connectivity index (χ1n) is 21.2.